The largest absolute Gasteiger partial charge is 0.467 e. The number of benzene rings is 1. The number of hydroxylamine groups is 1. The molecule has 1 atom stereocenters. The van der Waals surface area contributed by atoms with E-state index in [0.29, 0.717) is 22.8 Å². The Labute approximate surface area is 177 Å². The molecule has 0 saturated heterocycles. The minimum Gasteiger partial charge on any atom is -0.467 e. The van der Waals surface area contributed by atoms with Gasteiger partial charge in [-0.3, -0.25) is 4.79 Å². The number of anilines is 1. The van der Waals surface area contributed by atoms with E-state index < -0.39 is 17.9 Å². The normalized spacial score (nSPS) is 11.0. The van der Waals surface area contributed by atoms with Gasteiger partial charge in [0, 0.05) is 12.2 Å². The first-order valence-corrected chi connectivity index (χ1v) is 9.62. The number of hydrogen-bond acceptors (Lipinski definition) is 8. The van der Waals surface area contributed by atoms with Gasteiger partial charge < -0.3 is 20.6 Å². The fourth-order valence-corrected chi connectivity index (χ4v) is 2.83. The summed E-state index contributed by atoms with van der Waals surface area (Å²) >= 11 is 0. The zero-order valence-electron chi connectivity index (χ0n) is 18.4. The average molecular weight is 418 g/mol. The Balaban J connectivity index is 0.000000375. The van der Waals surface area contributed by atoms with E-state index in [-0.39, 0.29) is 6.54 Å². The molecule has 1 aromatic heterocycles. The Hall–Kier alpha value is -3.04. The summed E-state index contributed by atoms with van der Waals surface area (Å²) in [5.74, 6) is -0.591. The second kappa shape index (κ2) is 12.5. The van der Waals surface area contributed by atoms with E-state index in [1.807, 2.05) is 11.5 Å². The van der Waals surface area contributed by atoms with Crippen molar-refractivity contribution in [1.29, 1.82) is 0 Å². The average Bonchev–Trinajstić information content (AvgIpc) is 2.68. The Morgan fingerprint density at radius 1 is 1.10 bits per heavy atom. The number of carbonyl (C=O) groups is 2. The number of carbonyl (C=O) groups excluding carboxylic acids is 2. The predicted octanol–water partition coefficient (Wildman–Crippen LogP) is 2.08. The van der Waals surface area contributed by atoms with Gasteiger partial charge in [-0.25, -0.2) is 20.2 Å². The van der Waals surface area contributed by atoms with Crippen molar-refractivity contribution < 1.29 is 19.5 Å². The van der Waals surface area contributed by atoms with Gasteiger partial charge in [0.1, 0.15) is 11.9 Å². The summed E-state index contributed by atoms with van der Waals surface area (Å²) in [7, 11) is 1.20. The van der Waals surface area contributed by atoms with Crippen molar-refractivity contribution in [2.45, 2.75) is 40.7 Å². The number of nitrogens with one attached hydrogen (secondary N) is 3. The van der Waals surface area contributed by atoms with Gasteiger partial charge in [0.15, 0.2) is 0 Å². The third kappa shape index (κ3) is 7.41. The first-order valence-electron chi connectivity index (χ1n) is 9.62. The summed E-state index contributed by atoms with van der Waals surface area (Å²) in [4.78, 5) is 31.9. The number of nitrogens with zero attached hydrogens (tertiary/aromatic N) is 2. The van der Waals surface area contributed by atoms with Gasteiger partial charge in [0.2, 0.25) is 0 Å². The number of methoxy groups -OCH3 is 1. The fourth-order valence-electron chi connectivity index (χ4n) is 2.83. The molecule has 1 heterocycles. The Morgan fingerprint density at radius 3 is 2.20 bits per heavy atom. The quantitative estimate of drug-likeness (QED) is 0.399. The molecule has 0 aliphatic carbocycles. The number of aryl methyl sites for hydroxylation is 4. The van der Waals surface area contributed by atoms with Crippen molar-refractivity contribution in [3.05, 3.63) is 52.6 Å². The first kappa shape index (κ1) is 25.0. The number of para-hydroxylation sites is 1. The number of ether oxygens (including phenoxy) is 1. The number of esters is 1. The van der Waals surface area contributed by atoms with E-state index in [2.05, 4.69) is 57.4 Å². The number of rotatable bonds is 7. The monoisotopic (exact) mass is 417 g/mol. The SMILES string of the molecule is CCNc1ccccc1C.COC(=O)[C@H](CNO)NC(=O)c1c(C)nc(C)nc1C. The van der Waals surface area contributed by atoms with Gasteiger partial charge >= 0.3 is 5.97 Å². The molecule has 0 fully saturated rings. The number of amides is 1. The van der Waals surface area contributed by atoms with E-state index in [1.165, 1.54) is 18.4 Å². The molecule has 0 saturated carbocycles. The van der Waals surface area contributed by atoms with E-state index in [0.717, 1.165) is 6.54 Å². The molecule has 0 aliphatic rings. The third-order valence-corrected chi connectivity index (χ3v) is 4.21. The highest BCUT2D eigenvalue weighted by molar-refractivity contribution is 5.98. The van der Waals surface area contributed by atoms with Crippen LogP contribution in [0.25, 0.3) is 0 Å². The van der Waals surface area contributed by atoms with Crippen LogP contribution in [0.3, 0.4) is 0 Å². The molecule has 2 aromatic rings. The third-order valence-electron chi connectivity index (χ3n) is 4.21. The molecule has 30 heavy (non-hydrogen) atoms. The molecule has 0 spiro atoms. The second-order valence-corrected chi connectivity index (χ2v) is 6.57. The number of aromatic nitrogens is 2. The van der Waals surface area contributed by atoms with Crippen molar-refractivity contribution in [3.8, 4) is 0 Å². The summed E-state index contributed by atoms with van der Waals surface area (Å²) in [5, 5.41) is 14.4. The molecular weight excluding hydrogens is 386 g/mol. The fraction of sp³-hybridized carbons (Fsp3) is 0.429. The predicted molar refractivity (Wildman–Crippen MR) is 115 cm³/mol. The second-order valence-electron chi connectivity index (χ2n) is 6.57. The Kier molecular flexibility index (Phi) is 10.4. The van der Waals surface area contributed by atoms with Crippen molar-refractivity contribution in [3.63, 3.8) is 0 Å². The van der Waals surface area contributed by atoms with E-state index in [9.17, 15) is 9.59 Å². The van der Waals surface area contributed by atoms with Gasteiger partial charge in [-0.2, -0.15) is 0 Å². The maximum Gasteiger partial charge on any atom is 0.329 e. The standard InChI is InChI=1S/C12H18N4O4.C9H13N/c1-6-10(7(2)15-8(3)14-6)11(17)16-9(5-13-19)12(18)20-4;1-3-10-9-7-5-4-6-8(9)2/h9,13,19H,5H2,1-4H3,(H,16,17);4-7,10H,3H2,1-2H3/t9-;/m0./s1. The molecule has 2 rings (SSSR count). The van der Waals surface area contributed by atoms with Crippen LogP contribution in [-0.2, 0) is 9.53 Å². The van der Waals surface area contributed by atoms with Crippen LogP contribution in [0.15, 0.2) is 24.3 Å². The molecular formula is C21H31N5O4. The molecule has 0 radical (unpaired) electrons. The van der Waals surface area contributed by atoms with Gasteiger partial charge in [-0.05, 0) is 46.2 Å². The zero-order chi connectivity index (χ0) is 22.7. The summed E-state index contributed by atoms with van der Waals surface area (Å²) < 4.78 is 4.55. The molecule has 9 heteroatoms. The lowest BCUT2D eigenvalue weighted by atomic mass is 10.1. The van der Waals surface area contributed by atoms with Crippen molar-refractivity contribution in [1.82, 2.24) is 20.8 Å². The van der Waals surface area contributed by atoms with E-state index >= 15 is 0 Å². The van der Waals surface area contributed by atoms with Crippen LogP contribution in [-0.4, -0.2) is 53.3 Å². The topological polar surface area (TPSA) is 125 Å². The van der Waals surface area contributed by atoms with Gasteiger partial charge in [-0.1, -0.05) is 18.2 Å². The van der Waals surface area contributed by atoms with Crippen LogP contribution in [0, 0.1) is 27.7 Å². The van der Waals surface area contributed by atoms with Crippen LogP contribution < -0.4 is 16.1 Å². The summed E-state index contributed by atoms with van der Waals surface area (Å²) in [6.07, 6.45) is 0. The minimum atomic E-state index is -1.00. The zero-order valence-corrected chi connectivity index (χ0v) is 18.4. The molecule has 9 nitrogen and oxygen atoms in total. The summed E-state index contributed by atoms with van der Waals surface area (Å²) in [6, 6.07) is 7.30. The first-order chi connectivity index (χ1) is 14.2. The lowest BCUT2D eigenvalue weighted by Crippen LogP contribution is -2.47. The smallest absolute Gasteiger partial charge is 0.329 e. The number of hydrogen-bond donors (Lipinski definition) is 4. The lowest BCUT2D eigenvalue weighted by Gasteiger charge is -2.17. The minimum absolute atomic E-state index is 0.163. The maximum absolute atomic E-state index is 12.2. The molecule has 164 valence electrons. The molecule has 0 aliphatic heterocycles. The van der Waals surface area contributed by atoms with Gasteiger partial charge in [0.25, 0.3) is 5.91 Å². The van der Waals surface area contributed by atoms with Gasteiger partial charge in [0.05, 0.1) is 30.6 Å². The highest BCUT2D eigenvalue weighted by atomic mass is 16.5. The van der Waals surface area contributed by atoms with Crippen LogP contribution in [0.2, 0.25) is 0 Å². The molecule has 1 aromatic carbocycles. The van der Waals surface area contributed by atoms with Crippen LogP contribution >= 0.6 is 0 Å². The highest BCUT2D eigenvalue weighted by Crippen LogP contribution is 2.12. The highest BCUT2D eigenvalue weighted by Gasteiger charge is 2.24. The van der Waals surface area contributed by atoms with Crippen molar-refractivity contribution >= 4 is 17.6 Å². The van der Waals surface area contributed by atoms with Gasteiger partial charge in [-0.15, -0.1) is 0 Å². The van der Waals surface area contributed by atoms with Crippen LogP contribution in [0.1, 0.15) is 40.1 Å². The van der Waals surface area contributed by atoms with Crippen molar-refractivity contribution in [2.75, 3.05) is 25.5 Å². The lowest BCUT2D eigenvalue weighted by molar-refractivity contribution is -0.143. The van der Waals surface area contributed by atoms with Crippen LogP contribution in [0.4, 0.5) is 5.69 Å². The Morgan fingerprint density at radius 2 is 1.70 bits per heavy atom. The summed E-state index contributed by atoms with van der Waals surface area (Å²) in [6.45, 7) is 10.1. The molecule has 0 bridgehead atoms. The maximum atomic E-state index is 12.2. The van der Waals surface area contributed by atoms with Crippen molar-refractivity contribution in [2.24, 2.45) is 0 Å². The summed E-state index contributed by atoms with van der Waals surface area (Å²) in [5.41, 5.74) is 5.73. The van der Waals surface area contributed by atoms with Crippen LogP contribution in [0.5, 0.6) is 0 Å². The Bertz CT molecular complexity index is 834. The molecule has 1 amide bonds. The van der Waals surface area contributed by atoms with E-state index in [1.54, 1.807) is 20.8 Å². The van der Waals surface area contributed by atoms with E-state index in [4.69, 9.17) is 5.21 Å². The molecule has 4 N–H and O–H groups in total. The molecule has 0 unspecified atom stereocenters.